The number of benzene rings is 2. The molecule has 0 saturated heterocycles. The van der Waals surface area contributed by atoms with Crippen molar-refractivity contribution in [2.45, 2.75) is 26.4 Å². The van der Waals surface area contributed by atoms with Gasteiger partial charge >= 0.3 is 7.60 Å². The van der Waals surface area contributed by atoms with E-state index in [-0.39, 0.29) is 12.0 Å². The van der Waals surface area contributed by atoms with Crippen LogP contribution >= 0.6 is 7.60 Å². The second-order valence-electron chi connectivity index (χ2n) is 7.38. The van der Waals surface area contributed by atoms with E-state index in [1.165, 1.54) is 0 Å². The quantitative estimate of drug-likeness (QED) is 0.403. The van der Waals surface area contributed by atoms with Crippen molar-refractivity contribution in [3.63, 3.8) is 0 Å². The fraction of sp³-hybridized carbons (Fsp3) is 0.227. The molecule has 1 atom stereocenters. The smallest absolute Gasteiger partial charge is 0.373 e. The number of allylic oxidation sites excluding steroid dienone is 1. The summed E-state index contributed by atoms with van der Waals surface area (Å²) < 4.78 is 28.0. The van der Waals surface area contributed by atoms with Gasteiger partial charge in [-0.25, -0.2) is 9.41 Å². The van der Waals surface area contributed by atoms with Gasteiger partial charge in [0.1, 0.15) is 11.5 Å². The third kappa shape index (κ3) is 4.38. The summed E-state index contributed by atoms with van der Waals surface area (Å²) >= 11 is 0. The van der Waals surface area contributed by atoms with Gasteiger partial charge in [-0.1, -0.05) is 23.4 Å². The van der Waals surface area contributed by atoms with Crippen LogP contribution in [0.2, 0.25) is 0 Å². The first-order valence-corrected chi connectivity index (χ1v) is 11.6. The average Bonchev–Trinajstić information content (AvgIpc) is 3.34. The first-order chi connectivity index (χ1) is 14.7. The van der Waals surface area contributed by atoms with Gasteiger partial charge in [-0.05, 0) is 50.1 Å². The molecule has 1 unspecified atom stereocenters. The molecule has 1 aliphatic carbocycles. The molecule has 8 nitrogen and oxygen atoms in total. The number of aromatic nitrogens is 2. The third-order valence-corrected chi connectivity index (χ3v) is 5.09. The van der Waals surface area contributed by atoms with Crippen molar-refractivity contribution in [2.75, 3.05) is 6.66 Å². The van der Waals surface area contributed by atoms with Crippen LogP contribution < -0.4 is 4.74 Å². The Kier molecular flexibility index (Phi) is 5.40. The molecule has 31 heavy (non-hydrogen) atoms. The lowest BCUT2D eigenvalue weighted by molar-refractivity contribution is 0.244. The summed E-state index contributed by atoms with van der Waals surface area (Å²) in [5.41, 5.74) is 3.34. The lowest BCUT2D eigenvalue weighted by Crippen LogP contribution is -2.05. The van der Waals surface area contributed by atoms with E-state index in [0.717, 1.165) is 23.4 Å². The Labute approximate surface area is 179 Å². The van der Waals surface area contributed by atoms with Crippen molar-refractivity contribution in [1.82, 2.24) is 10.1 Å². The van der Waals surface area contributed by atoms with E-state index in [1.54, 1.807) is 30.3 Å². The van der Waals surface area contributed by atoms with Gasteiger partial charge in [0.05, 0.1) is 12.7 Å². The van der Waals surface area contributed by atoms with Crippen LogP contribution in [0.5, 0.6) is 5.75 Å². The van der Waals surface area contributed by atoms with Crippen LogP contribution in [0.4, 0.5) is 5.69 Å². The number of hydrogen-bond acceptors (Lipinski definition) is 6. The molecule has 4 rings (SSSR count). The fourth-order valence-electron chi connectivity index (χ4n) is 3.36. The molecule has 2 aromatic carbocycles. The molecule has 0 radical (unpaired) electrons. The van der Waals surface area contributed by atoms with E-state index >= 15 is 0 Å². The zero-order valence-electron chi connectivity index (χ0n) is 17.2. The molecule has 1 aliphatic rings. The number of nitrogens with zero attached hydrogens (tertiary/aromatic N) is 3. The predicted octanol–water partition coefficient (Wildman–Crippen LogP) is 5.47. The molecule has 3 aromatic rings. The summed E-state index contributed by atoms with van der Waals surface area (Å²) in [5.74, 6) is 1.54. The van der Waals surface area contributed by atoms with E-state index in [2.05, 4.69) is 15.0 Å². The van der Waals surface area contributed by atoms with E-state index in [0.29, 0.717) is 35.0 Å². The molecular weight excluding hydrogens is 417 g/mol. The van der Waals surface area contributed by atoms with Gasteiger partial charge in [0.2, 0.25) is 11.5 Å². The number of fused-ring (bicyclic) bond motifs is 1. The topological polar surface area (TPSA) is 99.0 Å². The van der Waals surface area contributed by atoms with Crippen LogP contribution in [0, 0.1) is 6.57 Å². The Balaban J connectivity index is 1.66. The molecule has 1 heterocycles. The second-order valence-corrected chi connectivity index (χ2v) is 9.17. The van der Waals surface area contributed by atoms with Crippen LogP contribution in [0.15, 0.2) is 47.0 Å². The number of ether oxygens (including phenoxy) is 1. The van der Waals surface area contributed by atoms with Crippen LogP contribution in [0.25, 0.3) is 33.4 Å². The normalized spacial score (nSPS) is 14.5. The van der Waals surface area contributed by atoms with Crippen molar-refractivity contribution < 1.29 is 23.2 Å². The molecule has 9 heteroatoms. The Morgan fingerprint density at radius 2 is 2.03 bits per heavy atom. The van der Waals surface area contributed by atoms with Crippen LogP contribution in [0.1, 0.15) is 25.0 Å². The van der Waals surface area contributed by atoms with Crippen LogP contribution in [-0.2, 0) is 15.5 Å². The highest BCUT2D eigenvalue weighted by Crippen LogP contribution is 2.46. The van der Waals surface area contributed by atoms with E-state index in [1.807, 2.05) is 26.0 Å². The van der Waals surface area contributed by atoms with Gasteiger partial charge in [-0.3, -0.25) is 0 Å². The highest BCUT2D eigenvalue weighted by atomic mass is 31.2. The van der Waals surface area contributed by atoms with Gasteiger partial charge < -0.3 is 18.7 Å². The zero-order valence-corrected chi connectivity index (χ0v) is 18.1. The van der Waals surface area contributed by atoms with Crippen molar-refractivity contribution >= 4 is 19.0 Å². The Morgan fingerprint density at radius 1 is 1.26 bits per heavy atom. The maximum absolute atomic E-state index is 11.7. The van der Waals surface area contributed by atoms with Gasteiger partial charge in [0.25, 0.3) is 5.89 Å². The summed E-state index contributed by atoms with van der Waals surface area (Å²) in [6.07, 6.45) is 2.24. The Bertz CT molecular complexity index is 1270. The number of hydrogen-bond donors (Lipinski definition) is 1. The molecule has 0 aliphatic heterocycles. The van der Waals surface area contributed by atoms with Crippen LogP contribution in [-0.4, -0.2) is 27.8 Å². The van der Waals surface area contributed by atoms with Crippen LogP contribution in [0.3, 0.4) is 0 Å². The van der Waals surface area contributed by atoms with E-state index < -0.39 is 7.60 Å². The Hall–Kier alpha value is -3.40. The third-order valence-electron chi connectivity index (χ3n) is 4.56. The summed E-state index contributed by atoms with van der Waals surface area (Å²) in [6, 6.07) is 10.6. The van der Waals surface area contributed by atoms with Gasteiger partial charge in [0.15, 0.2) is 0 Å². The lowest BCUT2D eigenvalue weighted by Gasteiger charge is -2.12. The molecule has 0 amide bonds. The minimum atomic E-state index is -3.67. The SMILES string of the molecule is [C-]#[N+]c1cc(-c2nc(-c3cccc4c3CC=C4OP(C)(=O)O)no2)ccc1OC(C)C. The molecule has 158 valence electrons. The summed E-state index contributed by atoms with van der Waals surface area (Å²) in [7, 11) is -3.67. The molecule has 0 bridgehead atoms. The van der Waals surface area contributed by atoms with Crippen molar-refractivity contribution in [3.05, 3.63) is 65.0 Å². The van der Waals surface area contributed by atoms with Gasteiger partial charge in [-0.15, -0.1) is 0 Å². The van der Waals surface area contributed by atoms with E-state index in [9.17, 15) is 9.46 Å². The molecule has 1 N–H and O–H groups in total. The summed E-state index contributed by atoms with van der Waals surface area (Å²) in [6.45, 7) is 12.4. The largest absolute Gasteiger partial charge is 0.502 e. The minimum absolute atomic E-state index is 0.0449. The molecular formula is C22H20N3O5P. The van der Waals surface area contributed by atoms with Crippen molar-refractivity contribution in [3.8, 4) is 28.6 Å². The lowest BCUT2D eigenvalue weighted by atomic mass is 10.0. The van der Waals surface area contributed by atoms with Gasteiger partial charge in [-0.2, -0.15) is 4.98 Å². The maximum Gasteiger partial charge on any atom is 0.373 e. The summed E-state index contributed by atoms with van der Waals surface area (Å²) in [5, 5.41) is 4.10. The predicted molar refractivity (Wildman–Crippen MR) is 116 cm³/mol. The highest BCUT2D eigenvalue weighted by Gasteiger charge is 2.25. The van der Waals surface area contributed by atoms with Gasteiger partial charge in [0, 0.05) is 23.4 Å². The second kappa shape index (κ2) is 8.03. The molecule has 0 spiro atoms. The van der Waals surface area contributed by atoms with Crippen molar-refractivity contribution in [2.24, 2.45) is 0 Å². The van der Waals surface area contributed by atoms with E-state index in [4.69, 9.17) is 20.4 Å². The Morgan fingerprint density at radius 3 is 2.74 bits per heavy atom. The minimum Gasteiger partial charge on any atom is -0.502 e. The molecule has 0 fully saturated rings. The number of rotatable bonds is 6. The fourth-order valence-corrected chi connectivity index (χ4v) is 3.90. The first kappa shape index (κ1) is 20.9. The monoisotopic (exact) mass is 437 g/mol. The maximum atomic E-state index is 11.7. The summed E-state index contributed by atoms with van der Waals surface area (Å²) in [4.78, 5) is 17.6. The molecule has 0 saturated carbocycles. The highest BCUT2D eigenvalue weighted by molar-refractivity contribution is 7.52. The molecule has 1 aromatic heterocycles. The van der Waals surface area contributed by atoms with Crippen molar-refractivity contribution in [1.29, 1.82) is 0 Å². The standard InChI is InChI=1S/C22H20N3O5P/c1-13(2)28-20-10-8-14(12-18(20)23-3)22-24-21(25-29-22)17-7-5-6-16-15(17)9-11-19(16)30-31(4,26)27/h5-8,10-13H,9H2,1-2,4H3,(H,26,27). The zero-order chi connectivity index (χ0) is 22.2. The first-order valence-electron chi connectivity index (χ1n) is 9.60. The average molecular weight is 437 g/mol.